The van der Waals surface area contributed by atoms with Crippen LogP contribution in [-0.2, 0) is 12.8 Å². The highest BCUT2D eigenvalue weighted by atomic mass is 32.1. The van der Waals surface area contributed by atoms with Crippen LogP contribution in [0.4, 0.5) is 4.39 Å². The minimum atomic E-state index is -0.207. The fourth-order valence-corrected chi connectivity index (χ4v) is 3.77. The molecule has 3 N–H and O–H groups in total. The van der Waals surface area contributed by atoms with E-state index in [-0.39, 0.29) is 5.82 Å². The zero-order valence-corrected chi connectivity index (χ0v) is 16.6. The van der Waals surface area contributed by atoms with Gasteiger partial charge in [0.05, 0.1) is 5.01 Å². The fraction of sp³-hybridized carbons (Fsp3) is 0.400. The van der Waals surface area contributed by atoms with Gasteiger partial charge in [-0.05, 0) is 50.5 Å². The van der Waals surface area contributed by atoms with Crippen LogP contribution >= 0.6 is 11.3 Å². The van der Waals surface area contributed by atoms with Crippen molar-refractivity contribution in [3.05, 3.63) is 51.9 Å². The number of aliphatic imine (C=N–C) groups is 1. The molecule has 7 heteroatoms. The first-order valence-electron chi connectivity index (χ1n) is 9.34. The zero-order valence-electron chi connectivity index (χ0n) is 15.8. The lowest BCUT2D eigenvalue weighted by molar-refractivity contribution is 0.629. The van der Waals surface area contributed by atoms with Crippen LogP contribution in [0.25, 0.3) is 10.9 Å². The summed E-state index contributed by atoms with van der Waals surface area (Å²) in [6.45, 7) is 6.38. The number of aryl methyl sites for hydroxylation is 2. The van der Waals surface area contributed by atoms with Gasteiger partial charge in [0.1, 0.15) is 5.82 Å². The molecule has 3 aromatic rings. The molecule has 1 aromatic carbocycles. The average molecular weight is 388 g/mol. The van der Waals surface area contributed by atoms with E-state index in [1.165, 1.54) is 11.1 Å². The average Bonchev–Trinajstić information content (AvgIpc) is 3.24. The number of nitrogens with one attached hydrogen (secondary N) is 3. The lowest BCUT2D eigenvalue weighted by atomic mass is 10.1. The Labute approximate surface area is 163 Å². The lowest BCUT2D eigenvalue weighted by Gasteiger charge is -2.11. The van der Waals surface area contributed by atoms with Crippen molar-refractivity contribution < 1.29 is 4.39 Å². The largest absolute Gasteiger partial charge is 0.361 e. The van der Waals surface area contributed by atoms with Gasteiger partial charge < -0.3 is 15.6 Å². The number of hydrogen-bond acceptors (Lipinski definition) is 3. The number of rotatable bonds is 8. The van der Waals surface area contributed by atoms with Crippen LogP contribution in [0.3, 0.4) is 0 Å². The van der Waals surface area contributed by atoms with Gasteiger partial charge in [-0.1, -0.05) is 0 Å². The summed E-state index contributed by atoms with van der Waals surface area (Å²) in [7, 11) is 0. The third-order valence-corrected chi connectivity index (χ3v) is 5.27. The first-order chi connectivity index (χ1) is 13.2. The molecule has 0 radical (unpaired) electrons. The highest BCUT2D eigenvalue weighted by molar-refractivity contribution is 7.09. The molecule has 0 unspecified atom stereocenters. The van der Waals surface area contributed by atoms with Crippen molar-refractivity contribution in [2.75, 3.05) is 19.6 Å². The molecule has 2 aromatic heterocycles. The molecule has 0 saturated heterocycles. The van der Waals surface area contributed by atoms with E-state index in [1.54, 1.807) is 23.5 Å². The topological polar surface area (TPSA) is 65.1 Å². The van der Waals surface area contributed by atoms with Gasteiger partial charge in [0.15, 0.2) is 5.96 Å². The maximum atomic E-state index is 13.5. The van der Waals surface area contributed by atoms with Gasteiger partial charge in [0.2, 0.25) is 0 Å². The molecular formula is C20H26FN5S. The van der Waals surface area contributed by atoms with Gasteiger partial charge in [-0.2, -0.15) is 0 Å². The molecule has 0 saturated carbocycles. The second-order valence-corrected chi connectivity index (χ2v) is 7.37. The van der Waals surface area contributed by atoms with Crippen molar-refractivity contribution in [2.45, 2.75) is 33.1 Å². The Morgan fingerprint density at radius 2 is 2.19 bits per heavy atom. The Hall–Kier alpha value is -2.41. The van der Waals surface area contributed by atoms with Crippen molar-refractivity contribution in [2.24, 2.45) is 4.99 Å². The molecule has 0 spiro atoms. The van der Waals surface area contributed by atoms with Gasteiger partial charge in [-0.3, -0.25) is 4.99 Å². The molecular weight excluding hydrogens is 361 g/mol. The number of guanidine groups is 1. The quantitative estimate of drug-likeness (QED) is 0.313. The summed E-state index contributed by atoms with van der Waals surface area (Å²) in [6, 6.07) is 4.83. The van der Waals surface area contributed by atoms with E-state index in [0.717, 1.165) is 67.0 Å². The summed E-state index contributed by atoms with van der Waals surface area (Å²) in [6.07, 6.45) is 4.69. The van der Waals surface area contributed by atoms with E-state index in [0.29, 0.717) is 0 Å². The van der Waals surface area contributed by atoms with Gasteiger partial charge in [0, 0.05) is 54.2 Å². The van der Waals surface area contributed by atoms with E-state index in [2.05, 4.69) is 37.9 Å². The predicted molar refractivity (Wildman–Crippen MR) is 111 cm³/mol. The van der Waals surface area contributed by atoms with Crippen molar-refractivity contribution in [3.63, 3.8) is 0 Å². The molecule has 0 atom stereocenters. The fourth-order valence-electron chi connectivity index (χ4n) is 2.95. The SMILES string of the molecule is CCNC(=NCCCc1nc(C)cs1)NCCc1c[nH]c2ccc(F)cc12. The van der Waals surface area contributed by atoms with Gasteiger partial charge in [-0.25, -0.2) is 9.37 Å². The van der Waals surface area contributed by atoms with Crippen LogP contribution in [-0.4, -0.2) is 35.6 Å². The maximum absolute atomic E-state index is 13.5. The third-order valence-electron chi connectivity index (χ3n) is 4.25. The zero-order chi connectivity index (χ0) is 19.1. The molecule has 0 aliphatic rings. The first kappa shape index (κ1) is 19.4. The van der Waals surface area contributed by atoms with E-state index in [9.17, 15) is 4.39 Å². The third kappa shape index (κ3) is 5.53. The van der Waals surface area contributed by atoms with E-state index in [4.69, 9.17) is 0 Å². The van der Waals surface area contributed by atoms with Crippen molar-refractivity contribution in [1.29, 1.82) is 0 Å². The highest BCUT2D eigenvalue weighted by Gasteiger charge is 2.05. The summed E-state index contributed by atoms with van der Waals surface area (Å²) in [4.78, 5) is 12.3. The normalized spacial score (nSPS) is 11.9. The van der Waals surface area contributed by atoms with Crippen LogP contribution < -0.4 is 10.6 Å². The smallest absolute Gasteiger partial charge is 0.191 e. The second kappa shape index (κ2) is 9.50. The maximum Gasteiger partial charge on any atom is 0.191 e. The summed E-state index contributed by atoms with van der Waals surface area (Å²) in [5, 5.41) is 10.8. The number of nitrogens with zero attached hydrogens (tertiary/aromatic N) is 2. The minimum absolute atomic E-state index is 0.207. The van der Waals surface area contributed by atoms with E-state index >= 15 is 0 Å². The molecule has 0 aliphatic heterocycles. The van der Waals surface area contributed by atoms with Crippen LogP contribution in [0.5, 0.6) is 0 Å². The van der Waals surface area contributed by atoms with Crippen LogP contribution in [0, 0.1) is 12.7 Å². The molecule has 144 valence electrons. The number of H-pyrrole nitrogens is 1. The number of benzene rings is 1. The summed E-state index contributed by atoms with van der Waals surface area (Å²) < 4.78 is 13.5. The number of aromatic nitrogens is 2. The number of fused-ring (bicyclic) bond motifs is 1. The van der Waals surface area contributed by atoms with Crippen molar-refractivity contribution in [3.8, 4) is 0 Å². The van der Waals surface area contributed by atoms with Crippen molar-refractivity contribution in [1.82, 2.24) is 20.6 Å². The minimum Gasteiger partial charge on any atom is -0.361 e. The van der Waals surface area contributed by atoms with E-state index in [1.807, 2.05) is 13.1 Å². The first-order valence-corrected chi connectivity index (χ1v) is 10.2. The molecule has 27 heavy (non-hydrogen) atoms. The van der Waals surface area contributed by atoms with Crippen LogP contribution in [0.2, 0.25) is 0 Å². The number of thiazole rings is 1. The Balaban J connectivity index is 1.49. The van der Waals surface area contributed by atoms with Crippen LogP contribution in [0.15, 0.2) is 34.8 Å². The van der Waals surface area contributed by atoms with Gasteiger partial charge in [0.25, 0.3) is 0 Å². The second-order valence-electron chi connectivity index (χ2n) is 6.43. The summed E-state index contributed by atoms with van der Waals surface area (Å²) in [5.74, 6) is 0.612. The molecule has 2 heterocycles. The molecule has 3 rings (SSSR count). The Kier molecular flexibility index (Phi) is 6.81. The number of hydrogen-bond donors (Lipinski definition) is 3. The molecule has 0 aliphatic carbocycles. The van der Waals surface area contributed by atoms with Crippen LogP contribution in [0.1, 0.15) is 29.6 Å². The Morgan fingerprint density at radius 3 is 2.96 bits per heavy atom. The molecule has 0 fully saturated rings. The summed E-state index contributed by atoms with van der Waals surface area (Å²) in [5.41, 5.74) is 3.15. The van der Waals surface area contributed by atoms with E-state index < -0.39 is 0 Å². The standard InChI is InChI=1S/C20H26FN5S/c1-3-22-20(23-9-4-5-19-26-14(2)13-27-19)24-10-8-15-12-25-18-7-6-16(21)11-17(15)18/h6-7,11-13,25H,3-5,8-10H2,1-2H3,(H2,22,23,24). The molecule has 5 nitrogen and oxygen atoms in total. The predicted octanol–water partition coefficient (Wildman–Crippen LogP) is 3.80. The lowest BCUT2D eigenvalue weighted by Crippen LogP contribution is -2.38. The van der Waals surface area contributed by atoms with Gasteiger partial charge >= 0.3 is 0 Å². The Bertz CT molecular complexity index is 899. The monoisotopic (exact) mass is 387 g/mol. The highest BCUT2D eigenvalue weighted by Crippen LogP contribution is 2.19. The molecule has 0 bridgehead atoms. The Morgan fingerprint density at radius 1 is 1.30 bits per heavy atom. The molecule has 0 amide bonds. The number of halogens is 1. The number of aromatic amines is 1. The van der Waals surface area contributed by atoms with Gasteiger partial charge in [-0.15, -0.1) is 11.3 Å². The summed E-state index contributed by atoms with van der Waals surface area (Å²) >= 11 is 1.71. The van der Waals surface area contributed by atoms with Crippen molar-refractivity contribution >= 4 is 28.2 Å².